The van der Waals surface area contributed by atoms with E-state index in [-0.39, 0.29) is 30.8 Å². The molecule has 26 heavy (non-hydrogen) atoms. The zero-order valence-electron chi connectivity index (χ0n) is 14.2. The van der Waals surface area contributed by atoms with Crippen LogP contribution in [0.1, 0.15) is 12.8 Å². The minimum Gasteiger partial charge on any atom is -0.480 e. The van der Waals surface area contributed by atoms with Crippen molar-refractivity contribution in [1.29, 1.82) is 0 Å². The first-order valence-electron chi connectivity index (χ1n) is 7.91. The normalized spacial score (nSPS) is 23.9. The third-order valence-corrected chi connectivity index (χ3v) is 6.00. The Balaban J connectivity index is 2.16. The van der Waals surface area contributed by atoms with Crippen molar-refractivity contribution in [1.82, 2.24) is 14.1 Å². The van der Waals surface area contributed by atoms with Gasteiger partial charge in [-0.2, -0.15) is 17.8 Å². The SMILES string of the molecule is Cn1ncc(NS(=O)(=O)N2C[C@H](CCCB(O)O)[C@](N)(C(=O)O)C2)c1N. The molecule has 14 heteroatoms. The predicted molar refractivity (Wildman–Crippen MR) is 94.0 cm³/mol. The standard InChI is InChI=1S/C12H23BN6O6S/c1-18-10(14)9(5-16-18)17-26(24,25)19-6-8(3-2-4-13(22)23)12(15,7-19)11(20)21/h5,8,17,22-23H,2-4,6-7,14-15H2,1H3,(H,20,21)/t8-,12-/m0/s1. The molecule has 0 unspecified atom stereocenters. The third kappa shape index (κ3) is 4.10. The van der Waals surface area contributed by atoms with Crippen LogP contribution in [-0.2, 0) is 22.1 Å². The Hall–Kier alpha value is -1.87. The topological polar surface area (TPSA) is 197 Å². The first-order valence-corrected chi connectivity index (χ1v) is 9.35. The van der Waals surface area contributed by atoms with E-state index in [0.29, 0.717) is 6.42 Å². The number of aromatic nitrogens is 2. The van der Waals surface area contributed by atoms with E-state index in [9.17, 15) is 18.3 Å². The highest BCUT2D eigenvalue weighted by atomic mass is 32.2. The predicted octanol–water partition coefficient (Wildman–Crippen LogP) is -2.37. The van der Waals surface area contributed by atoms with E-state index in [1.54, 1.807) is 7.05 Å². The van der Waals surface area contributed by atoms with Crippen molar-refractivity contribution < 1.29 is 28.4 Å². The Morgan fingerprint density at radius 2 is 2.19 bits per heavy atom. The molecule has 0 aromatic carbocycles. The summed E-state index contributed by atoms with van der Waals surface area (Å²) < 4.78 is 29.7. The van der Waals surface area contributed by atoms with Gasteiger partial charge in [0.05, 0.1) is 6.20 Å². The molecule has 0 radical (unpaired) electrons. The van der Waals surface area contributed by atoms with Gasteiger partial charge in [0.15, 0.2) is 0 Å². The molecule has 1 fully saturated rings. The van der Waals surface area contributed by atoms with Gasteiger partial charge in [-0.05, 0) is 12.7 Å². The van der Waals surface area contributed by atoms with Crippen molar-refractivity contribution in [3.05, 3.63) is 6.20 Å². The molecule has 12 nitrogen and oxygen atoms in total. The molecule has 1 aromatic heterocycles. The molecule has 1 aromatic rings. The number of hydrogen-bond donors (Lipinski definition) is 6. The highest BCUT2D eigenvalue weighted by Gasteiger charge is 2.52. The molecule has 2 heterocycles. The number of carboxylic acid groups (broad SMARTS) is 1. The Kier molecular flexibility index (Phi) is 5.82. The van der Waals surface area contributed by atoms with Crippen molar-refractivity contribution in [2.45, 2.75) is 24.7 Å². The van der Waals surface area contributed by atoms with Crippen LogP contribution in [0.25, 0.3) is 0 Å². The quantitative estimate of drug-likeness (QED) is 0.263. The molecule has 2 rings (SSSR count). The maximum Gasteiger partial charge on any atom is 0.451 e. The second-order valence-electron chi connectivity index (χ2n) is 6.42. The molecule has 0 bridgehead atoms. The van der Waals surface area contributed by atoms with Crippen LogP contribution >= 0.6 is 0 Å². The summed E-state index contributed by atoms with van der Waals surface area (Å²) in [5, 5.41) is 31.1. The second-order valence-corrected chi connectivity index (χ2v) is 8.09. The monoisotopic (exact) mass is 390 g/mol. The number of rotatable bonds is 8. The number of nitrogens with two attached hydrogens (primary N) is 2. The zero-order valence-corrected chi connectivity index (χ0v) is 15.1. The van der Waals surface area contributed by atoms with Crippen LogP contribution in [0, 0.1) is 5.92 Å². The molecular formula is C12H23BN6O6S. The lowest BCUT2D eigenvalue weighted by Gasteiger charge is -2.25. The molecule has 1 aliphatic rings. The number of anilines is 2. The fraction of sp³-hybridized carbons (Fsp3) is 0.667. The first kappa shape index (κ1) is 20.4. The first-order chi connectivity index (χ1) is 12.0. The van der Waals surface area contributed by atoms with Crippen LogP contribution in [0.3, 0.4) is 0 Å². The highest BCUT2D eigenvalue weighted by Crippen LogP contribution is 2.33. The van der Waals surface area contributed by atoms with Gasteiger partial charge in [-0.25, -0.2) is 0 Å². The summed E-state index contributed by atoms with van der Waals surface area (Å²) in [6.07, 6.45) is 1.83. The molecule has 1 aliphatic heterocycles. The molecule has 0 aliphatic carbocycles. The smallest absolute Gasteiger partial charge is 0.451 e. The van der Waals surface area contributed by atoms with E-state index in [2.05, 4.69) is 9.82 Å². The van der Waals surface area contributed by atoms with Gasteiger partial charge in [-0.3, -0.25) is 14.2 Å². The molecule has 2 atom stereocenters. The Morgan fingerprint density at radius 3 is 2.69 bits per heavy atom. The molecule has 0 amide bonds. The Labute approximate surface area is 151 Å². The summed E-state index contributed by atoms with van der Waals surface area (Å²) >= 11 is 0. The van der Waals surface area contributed by atoms with Crippen molar-refractivity contribution in [3.63, 3.8) is 0 Å². The van der Waals surface area contributed by atoms with Crippen molar-refractivity contribution in [2.75, 3.05) is 23.5 Å². The summed E-state index contributed by atoms with van der Waals surface area (Å²) in [4.78, 5) is 11.6. The fourth-order valence-corrected chi connectivity index (χ4v) is 4.27. The number of aliphatic carboxylic acids is 1. The molecule has 8 N–H and O–H groups in total. The maximum absolute atomic E-state index is 12.6. The van der Waals surface area contributed by atoms with E-state index in [0.717, 1.165) is 4.31 Å². The van der Waals surface area contributed by atoms with E-state index < -0.39 is 41.3 Å². The number of nitrogens with zero attached hydrogens (tertiary/aromatic N) is 3. The average Bonchev–Trinajstić information content (AvgIpc) is 3.03. The minimum atomic E-state index is -4.09. The van der Waals surface area contributed by atoms with Gasteiger partial charge < -0.3 is 26.6 Å². The van der Waals surface area contributed by atoms with Gasteiger partial charge >= 0.3 is 23.3 Å². The third-order valence-electron chi connectivity index (χ3n) is 4.57. The Bertz CT molecular complexity index is 770. The van der Waals surface area contributed by atoms with Gasteiger partial charge in [-0.15, -0.1) is 0 Å². The number of hydrogen-bond acceptors (Lipinski definition) is 8. The van der Waals surface area contributed by atoms with Crippen molar-refractivity contribution in [2.24, 2.45) is 18.7 Å². The molecule has 0 saturated carbocycles. The lowest BCUT2D eigenvalue weighted by Crippen LogP contribution is -2.55. The molecule has 0 spiro atoms. The summed E-state index contributed by atoms with van der Waals surface area (Å²) in [6, 6.07) is 0. The number of carboxylic acids is 1. The van der Waals surface area contributed by atoms with Crippen LogP contribution in [-0.4, -0.2) is 69.4 Å². The largest absolute Gasteiger partial charge is 0.480 e. The van der Waals surface area contributed by atoms with Gasteiger partial charge in [0, 0.05) is 26.1 Å². The van der Waals surface area contributed by atoms with Gasteiger partial charge in [0.1, 0.15) is 17.0 Å². The minimum absolute atomic E-state index is 0.0451. The van der Waals surface area contributed by atoms with Crippen LogP contribution in [0.4, 0.5) is 11.5 Å². The molecule has 146 valence electrons. The summed E-state index contributed by atoms with van der Waals surface area (Å²) in [7, 11) is -4.06. The zero-order chi connectivity index (χ0) is 19.7. The molecule has 1 saturated heterocycles. The average molecular weight is 390 g/mol. The van der Waals surface area contributed by atoms with Crippen LogP contribution < -0.4 is 16.2 Å². The van der Waals surface area contributed by atoms with Crippen LogP contribution in [0.15, 0.2) is 6.20 Å². The lowest BCUT2D eigenvalue weighted by atomic mass is 9.78. The number of nitrogens with one attached hydrogen (secondary N) is 1. The fourth-order valence-electron chi connectivity index (χ4n) is 2.94. The van der Waals surface area contributed by atoms with Crippen molar-refractivity contribution >= 4 is 34.8 Å². The molecular weight excluding hydrogens is 367 g/mol. The maximum atomic E-state index is 12.6. The van der Waals surface area contributed by atoms with Crippen LogP contribution in [0.2, 0.25) is 6.32 Å². The van der Waals surface area contributed by atoms with E-state index in [4.69, 9.17) is 21.5 Å². The van der Waals surface area contributed by atoms with E-state index >= 15 is 0 Å². The number of aryl methyl sites for hydroxylation is 1. The highest BCUT2D eigenvalue weighted by molar-refractivity contribution is 7.90. The number of nitrogen functional groups attached to an aromatic ring is 1. The summed E-state index contributed by atoms with van der Waals surface area (Å²) in [6.45, 7) is -0.524. The number of carbonyl (C=O) groups is 1. The summed E-state index contributed by atoms with van der Waals surface area (Å²) in [5.41, 5.74) is 10.0. The lowest BCUT2D eigenvalue weighted by molar-refractivity contribution is -0.144. The van der Waals surface area contributed by atoms with Gasteiger partial charge in [0.25, 0.3) is 0 Å². The van der Waals surface area contributed by atoms with Gasteiger partial charge in [-0.1, -0.05) is 6.42 Å². The van der Waals surface area contributed by atoms with Crippen LogP contribution in [0.5, 0.6) is 0 Å². The Morgan fingerprint density at radius 1 is 1.54 bits per heavy atom. The van der Waals surface area contributed by atoms with E-state index in [1.807, 2.05) is 0 Å². The van der Waals surface area contributed by atoms with Gasteiger partial charge in [0.2, 0.25) is 0 Å². The van der Waals surface area contributed by atoms with E-state index in [1.165, 1.54) is 10.9 Å². The second kappa shape index (κ2) is 7.40. The summed E-state index contributed by atoms with van der Waals surface area (Å²) in [5.74, 6) is -1.88. The van der Waals surface area contributed by atoms with Crippen molar-refractivity contribution in [3.8, 4) is 0 Å².